The summed E-state index contributed by atoms with van der Waals surface area (Å²) in [7, 11) is 1.76. The number of nitrogens with two attached hydrogens (primary N) is 1. The molecule has 0 aliphatic rings. The quantitative estimate of drug-likeness (QED) is 0.810. The second kappa shape index (κ2) is 5.09. The van der Waals surface area contributed by atoms with E-state index < -0.39 is 5.97 Å². The van der Waals surface area contributed by atoms with Gasteiger partial charge in [-0.3, -0.25) is 4.57 Å². The van der Waals surface area contributed by atoms with E-state index in [1.165, 1.54) is 11.8 Å². The molecule has 0 saturated heterocycles. The molecule has 0 fully saturated rings. The third-order valence-corrected chi connectivity index (χ3v) is 3.54. The van der Waals surface area contributed by atoms with Gasteiger partial charge < -0.3 is 10.8 Å². The summed E-state index contributed by atoms with van der Waals surface area (Å²) in [5.41, 5.74) is 6.62. The van der Waals surface area contributed by atoms with Gasteiger partial charge in [0.25, 0.3) is 0 Å². The van der Waals surface area contributed by atoms with Crippen LogP contribution < -0.4 is 5.73 Å². The molecule has 1 aromatic carbocycles. The Bertz CT molecular complexity index is 582. The van der Waals surface area contributed by atoms with Crippen molar-refractivity contribution in [2.24, 2.45) is 7.05 Å². The average molecular weight is 264 g/mol. The molecule has 3 N–H and O–H groups in total. The molecule has 18 heavy (non-hydrogen) atoms. The molecule has 0 unspecified atom stereocenters. The number of carboxylic acid groups (broad SMARTS) is 1. The Kier molecular flexibility index (Phi) is 3.52. The van der Waals surface area contributed by atoms with Crippen molar-refractivity contribution in [1.29, 1.82) is 0 Å². The van der Waals surface area contributed by atoms with Crippen LogP contribution in [0.1, 0.15) is 15.9 Å². The fourth-order valence-electron chi connectivity index (χ4n) is 1.45. The smallest absolute Gasteiger partial charge is 0.335 e. The van der Waals surface area contributed by atoms with Crippen LogP contribution in [0.25, 0.3) is 0 Å². The molecule has 0 atom stereocenters. The van der Waals surface area contributed by atoms with E-state index in [0.717, 1.165) is 5.56 Å². The predicted octanol–water partition coefficient (Wildman–Crippen LogP) is 1.39. The van der Waals surface area contributed by atoms with Gasteiger partial charge in [0, 0.05) is 12.8 Å². The van der Waals surface area contributed by atoms with Crippen LogP contribution in [0.3, 0.4) is 0 Å². The highest BCUT2D eigenvalue weighted by Gasteiger charge is 2.11. The summed E-state index contributed by atoms with van der Waals surface area (Å²) in [6.45, 7) is 0. The van der Waals surface area contributed by atoms with Gasteiger partial charge in [0.05, 0.1) is 5.56 Å². The van der Waals surface area contributed by atoms with E-state index in [1.807, 2.05) is 6.07 Å². The van der Waals surface area contributed by atoms with Gasteiger partial charge in [-0.25, -0.2) is 4.79 Å². The van der Waals surface area contributed by atoms with Crippen LogP contribution in [0.2, 0.25) is 0 Å². The lowest BCUT2D eigenvalue weighted by atomic mass is 10.1. The topological polar surface area (TPSA) is 94.0 Å². The lowest BCUT2D eigenvalue weighted by molar-refractivity contribution is 0.0696. The molecule has 1 aromatic heterocycles. The lowest BCUT2D eigenvalue weighted by Gasteiger charge is -2.05. The minimum Gasteiger partial charge on any atom is -0.478 e. The van der Waals surface area contributed by atoms with E-state index >= 15 is 0 Å². The van der Waals surface area contributed by atoms with Gasteiger partial charge in [-0.05, 0) is 11.6 Å². The van der Waals surface area contributed by atoms with Crippen LogP contribution in [0.5, 0.6) is 0 Å². The molecule has 2 rings (SSSR count). The third-order valence-electron chi connectivity index (χ3n) is 2.47. The standard InChI is InChI=1S/C11H12N4O2S/c1-15-10(12)13-14-11(15)18-6-7-4-2-3-5-8(7)9(16)17/h2-5H,6H2,1H3,(H2,12,13)(H,16,17). The van der Waals surface area contributed by atoms with E-state index in [9.17, 15) is 4.79 Å². The van der Waals surface area contributed by atoms with Crippen LogP contribution in [-0.4, -0.2) is 25.8 Å². The predicted molar refractivity (Wildman–Crippen MR) is 68.4 cm³/mol. The van der Waals surface area contributed by atoms with Crippen molar-refractivity contribution >= 4 is 23.7 Å². The van der Waals surface area contributed by atoms with Gasteiger partial charge in [-0.1, -0.05) is 30.0 Å². The summed E-state index contributed by atoms with van der Waals surface area (Å²) < 4.78 is 1.66. The van der Waals surface area contributed by atoms with E-state index in [-0.39, 0.29) is 0 Å². The number of rotatable bonds is 4. The maximum absolute atomic E-state index is 11.0. The Labute approximate surface area is 108 Å². The molecule has 0 spiro atoms. The van der Waals surface area contributed by atoms with Crippen molar-refractivity contribution in [3.05, 3.63) is 35.4 Å². The van der Waals surface area contributed by atoms with Gasteiger partial charge >= 0.3 is 5.97 Å². The fraction of sp³-hybridized carbons (Fsp3) is 0.182. The molecule has 7 heteroatoms. The van der Waals surface area contributed by atoms with E-state index in [2.05, 4.69) is 10.2 Å². The largest absolute Gasteiger partial charge is 0.478 e. The first-order chi connectivity index (χ1) is 8.59. The second-order valence-electron chi connectivity index (χ2n) is 3.65. The van der Waals surface area contributed by atoms with Gasteiger partial charge in [0.2, 0.25) is 5.95 Å². The highest BCUT2D eigenvalue weighted by Crippen LogP contribution is 2.23. The van der Waals surface area contributed by atoms with Crippen molar-refractivity contribution in [1.82, 2.24) is 14.8 Å². The summed E-state index contributed by atoms with van der Waals surface area (Å²) in [6, 6.07) is 6.89. The van der Waals surface area contributed by atoms with Crippen LogP contribution in [0, 0.1) is 0 Å². The zero-order chi connectivity index (χ0) is 13.1. The molecule has 6 nitrogen and oxygen atoms in total. The molecule has 1 heterocycles. The number of hydrogen-bond acceptors (Lipinski definition) is 5. The first-order valence-electron chi connectivity index (χ1n) is 5.18. The summed E-state index contributed by atoms with van der Waals surface area (Å²) in [5, 5.41) is 17.4. The number of aromatic nitrogens is 3. The first kappa shape index (κ1) is 12.4. The molecule has 0 bridgehead atoms. The minimum absolute atomic E-state index is 0.306. The first-order valence-corrected chi connectivity index (χ1v) is 6.17. The van der Waals surface area contributed by atoms with Crippen molar-refractivity contribution < 1.29 is 9.90 Å². The van der Waals surface area contributed by atoms with Crippen molar-refractivity contribution in [3.8, 4) is 0 Å². The number of carbonyl (C=O) groups is 1. The fourth-order valence-corrected chi connectivity index (χ4v) is 2.37. The number of hydrogen-bond donors (Lipinski definition) is 2. The van der Waals surface area contributed by atoms with Gasteiger partial charge in [0.1, 0.15) is 0 Å². The number of thioether (sulfide) groups is 1. The summed E-state index contributed by atoms with van der Waals surface area (Å²) in [6.07, 6.45) is 0. The lowest BCUT2D eigenvalue weighted by Crippen LogP contribution is -2.02. The maximum Gasteiger partial charge on any atom is 0.335 e. The van der Waals surface area contributed by atoms with Crippen LogP contribution in [-0.2, 0) is 12.8 Å². The number of benzene rings is 1. The molecular weight excluding hydrogens is 252 g/mol. The maximum atomic E-state index is 11.0. The number of nitrogen functional groups attached to an aromatic ring is 1. The Morgan fingerprint density at radius 1 is 1.44 bits per heavy atom. The molecule has 0 amide bonds. The third kappa shape index (κ3) is 2.45. The monoisotopic (exact) mass is 264 g/mol. The van der Waals surface area contributed by atoms with Crippen LogP contribution in [0.15, 0.2) is 29.4 Å². The molecule has 0 aliphatic carbocycles. The molecule has 0 aliphatic heterocycles. The highest BCUT2D eigenvalue weighted by atomic mass is 32.2. The number of carboxylic acids is 1. The van der Waals surface area contributed by atoms with Gasteiger partial charge in [-0.15, -0.1) is 10.2 Å². The number of nitrogens with zero attached hydrogens (tertiary/aromatic N) is 3. The second-order valence-corrected chi connectivity index (χ2v) is 4.59. The Hall–Kier alpha value is -2.02. The van der Waals surface area contributed by atoms with Crippen LogP contribution >= 0.6 is 11.8 Å². The van der Waals surface area contributed by atoms with Crippen molar-refractivity contribution in [3.63, 3.8) is 0 Å². The number of aromatic carboxylic acids is 1. The molecule has 94 valence electrons. The molecule has 2 aromatic rings. The SMILES string of the molecule is Cn1c(N)nnc1SCc1ccccc1C(=O)O. The molecule has 0 radical (unpaired) electrons. The van der Waals surface area contributed by atoms with Crippen molar-refractivity contribution in [2.45, 2.75) is 10.9 Å². The van der Waals surface area contributed by atoms with Crippen LogP contribution in [0.4, 0.5) is 5.95 Å². The summed E-state index contributed by atoms with van der Waals surface area (Å²) in [5.74, 6) is -0.0817. The van der Waals surface area contributed by atoms with Crippen molar-refractivity contribution in [2.75, 3.05) is 5.73 Å². The highest BCUT2D eigenvalue weighted by molar-refractivity contribution is 7.98. The Morgan fingerprint density at radius 3 is 2.78 bits per heavy atom. The van der Waals surface area contributed by atoms with Gasteiger partial charge in [0.15, 0.2) is 5.16 Å². The van der Waals surface area contributed by atoms with E-state index in [1.54, 1.807) is 29.8 Å². The van der Waals surface area contributed by atoms with E-state index in [0.29, 0.717) is 22.4 Å². The zero-order valence-corrected chi connectivity index (χ0v) is 10.5. The zero-order valence-electron chi connectivity index (χ0n) is 9.70. The Balaban J connectivity index is 2.16. The summed E-state index contributed by atoms with van der Waals surface area (Å²) >= 11 is 1.40. The minimum atomic E-state index is -0.927. The number of anilines is 1. The van der Waals surface area contributed by atoms with Gasteiger partial charge in [-0.2, -0.15) is 0 Å². The average Bonchev–Trinajstić information content (AvgIpc) is 2.68. The summed E-state index contributed by atoms with van der Waals surface area (Å²) in [4.78, 5) is 11.0. The normalized spacial score (nSPS) is 10.5. The van der Waals surface area contributed by atoms with E-state index in [4.69, 9.17) is 10.8 Å². The molecular formula is C11H12N4O2S. The molecule has 0 saturated carbocycles. The Morgan fingerprint density at radius 2 is 2.17 bits per heavy atom.